The van der Waals surface area contributed by atoms with Crippen LogP contribution in [0, 0.1) is 0 Å². The normalized spacial score (nSPS) is 10.8. The lowest BCUT2D eigenvalue weighted by Crippen LogP contribution is -2.16. The van der Waals surface area contributed by atoms with Crippen LogP contribution in [0.4, 0.5) is 0 Å². The third kappa shape index (κ3) is 4.49. The summed E-state index contributed by atoms with van der Waals surface area (Å²) in [5.41, 5.74) is 4.03. The van der Waals surface area contributed by atoms with E-state index in [1.807, 2.05) is 48.5 Å². The molecule has 0 radical (unpaired) electrons. The van der Waals surface area contributed by atoms with Gasteiger partial charge in [-0.25, -0.2) is 5.43 Å². The van der Waals surface area contributed by atoms with Crippen LogP contribution in [0.1, 0.15) is 21.7 Å². The molecule has 1 N–H and O–H groups in total. The molecule has 0 aliphatic carbocycles. The molecule has 0 saturated carbocycles. The monoisotopic (exact) mass is 354 g/mol. The van der Waals surface area contributed by atoms with E-state index in [1.165, 1.54) is 12.5 Å². The van der Waals surface area contributed by atoms with Crippen molar-refractivity contribution in [2.45, 2.75) is 6.61 Å². The number of rotatable bonds is 6. The smallest absolute Gasteiger partial charge is 0.307 e. The van der Waals surface area contributed by atoms with Gasteiger partial charge < -0.3 is 9.15 Å². The molecule has 6 heteroatoms. The number of nitrogens with one attached hydrogen (secondary N) is 1. The average molecular weight is 355 g/mol. The van der Waals surface area contributed by atoms with Crippen molar-refractivity contribution in [1.82, 2.24) is 5.43 Å². The number of ether oxygens (including phenoxy) is 1. The molecule has 0 fully saturated rings. The molecule has 1 aromatic heterocycles. The van der Waals surface area contributed by atoms with Crippen LogP contribution in [0.3, 0.4) is 0 Å². The standard InChI is InChI=1S/C19H15ClN2O3/c20-16-8-3-1-7-15(16)13-25-17-9-4-2-6-14(17)12-21-22-19(23)18-10-5-11-24-18/h1-12H,13H2,(H,22,23)/b21-12-. The van der Waals surface area contributed by atoms with E-state index in [0.717, 1.165) is 11.1 Å². The molecule has 0 unspecified atom stereocenters. The number of nitrogens with zero attached hydrogens (tertiary/aromatic N) is 1. The average Bonchev–Trinajstić information content (AvgIpc) is 3.17. The summed E-state index contributed by atoms with van der Waals surface area (Å²) < 4.78 is 10.8. The Morgan fingerprint density at radius 2 is 1.92 bits per heavy atom. The first-order valence-electron chi connectivity index (χ1n) is 7.56. The van der Waals surface area contributed by atoms with Gasteiger partial charge in [-0.05, 0) is 30.3 Å². The van der Waals surface area contributed by atoms with Gasteiger partial charge in [-0.15, -0.1) is 0 Å². The summed E-state index contributed by atoms with van der Waals surface area (Å²) in [5.74, 6) is 0.412. The highest BCUT2D eigenvalue weighted by Gasteiger charge is 2.07. The van der Waals surface area contributed by atoms with Gasteiger partial charge in [0.05, 0.1) is 12.5 Å². The van der Waals surface area contributed by atoms with Gasteiger partial charge in [0.25, 0.3) is 0 Å². The predicted molar refractivity (Wildman–Crippen MR) is 96.0 cm³/mol. The highest BCUT2D eigenvalue weighted by Crippen LogP contribution is 2.20. The molecule has 0 aliphatic rings. The topological polar surface area (TPSA) is 63.8 Å². The number of benzene rings is 2. The van der Waals surface area contributed by atoms with Crippen molar-refractivity contribution >= 4 is 23.7 Å². The molecule has 0 spiro atoms. The number of para-hydroxylation sites is 1. The van der Waals surface area contributed by atoms with Gasteiger partial charge in [-0.3, -0.25) is 4.79 Å². The van der Waals surface area contributed by atoms with Crippen LogP contribution >= 0.6 is 11.6 Å². The summed E-state index contributed by atoms with van der Waals surface area (Å²) in [6, 6.07) is 18.1. The van der Waals surface area contributed by atoms with Crippen LogP contribution in [0.25, 0.3) is 0 Å². The van der Waals surface area contributed by atoms with E-state index in [9.17, 15) is 4.79 Å². The zero-order valence-electron chi connectivity index (χ0n) is 13.2. The molecule has 0 saturated heterocycles. The van der Waals surface area contributed by atoms with Gasteiger partial charge in [0.15, 0.2) is 5.76 Å². The lowest BCUT2D eigenvalue weighted by molar-refractivity contribution is 0.0927. The van der Waals surface area contributed by atoms with E-state index in [1.54, 1.807) is 12.1 Å². The van der Waals surface area contributed by atoms with Crippen LogP contribution < -0.4 is 10.2 Å². The molecule has 1 heterocycles. The van der Waals surface area contributed by atoms with E-state index < -0.39 is 5.91 Å². The third-order valence-corrected chi connectivity index (χ3v) is 3.74. The van der Waals surface area contributed by atoms with Gasteiger partial charge in [0.2, 0.25) is 0 Å². The molecule has 0 aliphatic heterocycles. The van der Waals surface area contributed by atoms with Crippen molar-refractivity contribution in [3.8, 4) is 5.75 Å². The Labute approximate surface area is 149 Å². The van der Waals surface area contributed by atoms with Crippen molar-refractivity contribution in [2.75, 3.05) is 0 Å². The van der Waals surface area contributed by atoms with Crippen molar-refractivity contribution in [3.63, 3.8) is 0 Å². The Hall–Kier alpha value is -3.05. The Morgan fingerprint density at radius 1 is 1.12 bits per heavy atom. The molecule has 25 heavy (non-hydrogen) atoms. The van der Waals surface area contributed by atoms with Gasteiger partial charge in [0.1, 0.15) is 12.4 Å². The number of halogens is 1. The Bertz CT molecular complexity index is 876. The SMILES string of the molecule is O=C(N/N=C\c1ccccc1OCc1ccccc1Cl)c1ccco1. The fourth-order valence-corrected chi connectivity index (χ4v) is 2.30. The summed E-state index contributed by atoms with van der Waals surface area (Å²) in [6.07, 6.45) is 2.94. The molecular formula is C19H15ClN2O3. The second-order valence-electron chi connectivity index (χ2n) is 5.09. The number of hydrogen-bond donors (Lipinski definition) is 1. The molecule has 0 bridgehead atoms. The van der Waals surface area contributed by atoms with Crippen LogP contribution in [0.5, 0.6) is 5.75 Å². The first-order chi connectivity index (χ1) is 12.2. The Morgan fingerprint density at radius 3 is 2.72 bits per heavy atom. The summed E-state index contributed by atoms with van der Waals surface area (Å²) in [4.78, 5) is 11.8. The zero-order chi connectivity index (χ0) is 17.5. The van der Waals surface area contributed by atoms with Crippen LogP contribution in [-0.2, 0) is 6.61 Å². The third-order valence-electron chi connectivity index (χ3n) is 3.37. The summed E-state index contributed by atoms with van der Waals surface area (Å²) in [5, 5.41) is 4.59. The number of carbonyl (C=O) groups excluding carboxylic acids is 1. The molecule has 0 atom stereocenters. The second-order valence-corrected chi connectivity index (χ2v) is 5.50. The number of carbonyl (C=O) groups is 1. The first kappa shape index (κ1) is 16.8. The maximum Gasteiger partial charge on any atom is 0.307 e. The fraction of sp³-hybridized carbons (Fsp3) is 0.0526. The maximum atomic E-state index is 11.8. The second kappa shape index (κ2) is 8.17. The van der Waals surface area contributed by atoms with E-state index in [4.69, 9.17) is 20.8 Å². The van der Waals surface area contributed by atoms with Crippen LogP contribution in [-0.4, -0.2) is 12.1 Å². The Balaban J connectivity index is 1.65. The summed E-state index contributed by atoms with van der Waals surface area (Å²) in [7, 11) is 0. The van der Waals surface area contributed by atoms with Crippen molar-refractivity contribution in [2.24, 2.45) is 5.10 Å². The molecule has 1 amide bonds. The number of hydrogen-bond acceptors (Lipinski definition) is 4. The van der Waals surface area contributed by atoms with Crippen LogP contribution in [0.15, 0.2) is 76.4 Å². The molecule has 126 valence electrons. The van der Waals surface area contributed by atoms with E-state index in [2.05, 4.69) is 10.5 Å². The highest BCUT2D eigenvalue weighted by atomic mass is 35.5. The van der Waals surface area contributed by atoms with Gasteiger partial charge in [-0.2, -0.15) is 5.10 Å². The van der Waals surface area contributed by atoms with Crippen molar-refractivity contribution in [1.29, 1.82) is 0 Å². The maximum absolute atomic E-state index is 11.8. The molecular weight excluding hydrogens is 340 g/mol. The lowest BCUT2D eigenvalue weighted by Gasteiger charge is -2.10. The largest absolute Gasteiger partial charge is 0.488 e. The Kier molecular flexibility index (Phi) is 5.49. The zero-order valence-corrected chi connectivity index (χ0v) is 13.9. The number of amides is 1. The summed E-state index contributed by atoms with van der Waals surface area (Å²) in [6.45, 7) is 0.337. The van der Waals surface area contributed by atoms with Gasteiger partial charge in [-0.1, -0.05) is 41.9 Å². The lowest BCUT2D eigenvalue weighted by atomic mass is 10.2. The minimum Gasteiger partial charge on any atom is -0.488 e. The van der Waals surface area contributed by atoms with Gasteiger partial charge >= 0.3 is 5.91 Å². The predicted octanol–water partition coefficient (Wildman–Crippen LogP) is 4.28. The fourth-order valence-electron chi connectivity index (χ4n) is 2.11. The van der Waals surface area contributed by atoms with E-state index in [-0.39, 0.29) is 5.76 Å². The molecule has 2 aromatic carbocycles. The van der Waals surface area contributed by atoms with Crippen molar-refractivity contribution in [3.05, 3.63) is 88.8 Å². The quantitative estimate of drug-likeness (QED) is 0.531. The van der Waals surface area contributed by atoms with Crippen molar-refractivity contribution < 1.29 is 13.9 Å². The van der Waals surface area contributed by atoms with Crippen LogP contribution in [0.2, 0.25) is 5.02 Å². The number of hydrazone groups is 1. The summed E-state index contributed by atoms with van der Waals surface area (Å²) >= 11 is 6.13. The highest BCUT2D eigenvalue weighted by molar-refractivity contribution is 6.31. The number of furan rings is 1. The minimum atomic E-state index is -0.421. The molecule has 3 rings (SSSR count). The van der Waals surface area contributed by atoms with Gasteiger partial charge in [0, 0.05) is 16.1 Å². The van der Waals surface area contributed by atoms with E-state index >= 15 is 0 Å². The van der Waals surface area contributed by atoms with E-state index in [0.29, 0.717) is 17.4 Å². The first-order valence-corrected chi connectivity index (χ1v) is 7.94. The minimum absolute atomic E-state index is 0.195. The molecule has 3 aromatic rings. The molecule has 5 nitrogen and oxygen atoms in total.